The van der Waals surface area contributed by atoms with Crippen LogP contribution >= 0.6 is 11.6 Å². The summed E-state index contributed by atoms with van der Waals surface area (Å²) in [7, 11) is -3.64. The molecule has 0 bridgehead atoms. The van der Waals surface area contributed by atoms with E-state index in [1.54, 1.807) is 31.2 Å². The minimum atomic E-state index is -3.64. The third-order valence-electron chi connectivity index (χ3n) is 5.13. The minimum absolute atomic E-state index is 0.0279. The van der Waals surface area contributed by atoms with Crippen LogP contribution in [-0.2, 0) is 26.2 Å². The Bertz CT molecular complexity index is 1080. The lowest BCUT2D eigenvalue weighted by molar-refractivity contribution is -0.140. The van der Waals surface area contributed by atoms with E-state index < -0.39 is 21.9 Å². The Morgan fingerprint density at radius 1 is 1.03 bits per heavy atom. The molecule has 0 saturated heterocycles. The van der Waals surface area contributed by atoms with Crippen molar-refractivity contribution in [3.8, 4) is 0 Å². The SMILES string of the molecule is CC(C)NC(=O)[C@@H](C)N(Cc1ccc(Cl)cc1)C(=O)CCCN(c1ccc(F)cc1)S(C)(=O)=O. The van der Waals surface area contributed by atoms with Crippen LogP contribution in [0.2, 0.25) is 5.02 Å². The molecule has 10 heteroatoms. The Kier molecular flexibility index (Phi) is 9.88. The van der Waals surface area contributed by atoms with Crippen molar-refractivity contribution < 1.29 is 22.4 Å². The molecular formula is C24H31ClFN3O4S. The van der Waals surface area contributed by atoms with E-state index in [1.807, 2.05) is 13.8 Å². The summed E-state index contributed by atoms with van der Waals surface area (Å²) in [6, 6.07) is 11.3. The smallest absolute Gasteiger partial charge is 0.242 e. The highest BCUT2D eigenvalue weighted by Crippen LogP contribution is 2.20. The van der Waals surface area contributed by atoms with Crippen molar-refractivity contribution in [2.75, 3.05) is 17.1 Å². The summed E-state index contributed by atoms with van der Waals surface area (Å²) >= 11 is 5.96. The van der Waals surface area contributed by atoms with Crippen LogP contribution in [0.5, 0.6) is 0 Å². The summed E-state index contributed by atoms with van der Waals surface area (Å²) < 4.78 is 38.9. The van der Waals surface area contributed by atoms with Crippen molar-refractivity contribution in [2.45, 2.75) is 52.2 Å². The van der Waals surface area contributed by atoms with E-state index in [0.29, 0.717) is 10.7 Å². The second kappa shape index (κ2) is 12.2. The number of carbonyl (C=O) groups is 2. The van der Waals surface area contributed by atoms with E-state index >= 15 is 0 Å². The zero-order valence-electron chi connectivity index (χ0n) is 19.8. The first-order valence-electron chi connectivity index (χ1n) is 11.0. The molecule has 0 aromatic heterocycles. The summed E-state index contributed by atoms with van der Waals surface area (Å²) in [5.74, 6) is -1.03. The lowest BCUT2D eigenvalue weighted by atomic mass is 10.1. The number of anilines is 1. The van der Waals surface area contributed by atoms with E-state index in [0.717, 1.165) is 16.1 Å². The molecule has 0 spiro atoms. The fraction of sp³-hybridized carbons (Fsp3) is 0.417. The predicted octanol–water partition coefficient (Wildman–Crippen LogP) is 3.97. The van der Waals surface area contributed by atoms with Gasteiger partial charge in [-0.25, -0.2) is 12.8 Å². The van der Waals surface area contributed by atoms with Gasteiger partial charge in [-0.05, 0) is 69.2 Å². The number of rotatable bonds is 11. The number of hydrogen-bond donors (Lipinski definition) is 1. The summed E-state index contributed by atoms with van der Waals surface area (Å²) in [5.41, 5.74) is 1.13. The molecule has 186 valence electrons. The third-order valence-corrected chi connectivity index (χ3v) is 6.58. The van der Waals surface area contributed by atoms with Gasteiger partial charge in [-0.15, -0.1) is 0 Å². The average Bonchev–Trinajstić information content (AvgIpc) is 2.75. The van der Waals surface area contributed by atoms with E-state index in [1.165, 1.54) is 29.2 Å². The van der Waals surface area contributed by atoms with Gasteiger partial charge in [0.1, 0.15) is 11.9 Å². The maximum absolute atomic E-state index is 13.3. The molecule has 34 heavy (non-hydrogen) atoms. The molecule has 2 aromatic carbocycles. The van der Waals surface area contributed by atoms with Crippen molar-refractivity contribution in [2.24, 2.45) is 0 Å². The lowest BCUT2D eigenvalue weighted by Crippen LogP contribution is -2.49. The Balaban J connectivity index is 2.15. The standard InChI is InChI=1S/C24H31ClFN3O4S/c1-17(2)27-24(31)18(3)28(16-19-7-9-20(25)10-8-19)23(30)6-5-15-29(34(4,32)33)22-13-11-21(26)12-14-22/h7-14,17-18H,5-6,15-16H2,1-4H3,(H,27,31)/t18-/m1/s1. The van der Waals surface area contributed by atoms with Gasteiger partial charge in [0.2, 0.25) is 21.8 Å². The van der Waals surface area contributed by atoms with E-state index in [2.05, 4.69) is 5.32 Å². The van der Waals surface area contributed by atoms with Crippen molar-refractivity contribution in [3.05, 3.63) is 64.9 Å². The molecule has 0 unspecified atom stereocenters. The first kappa shape index (κ1) is 27.6. The number of sulfonamides is 1. The monoisotopic (exact) mass is 511 g/mol. The second-order valence-corrected chi connectivity index (χ2v) is 10.7. The number of benzene rings is 2. The maximum Gasteiger partial charge on any atom is 0.242 e. The molecule has 0 fully saturated rings. The molecule has 0 aliphatic carbocycles. The average molecular weight is 512 g/mol. The quantitative estimate of drug-likeness (QED) is 0.494. The fourth-order valence-corrected chi connectivity index (χ4v) is 4.48. The molecule has 2 rings (SSSR count). The zero-order chi connectivity index (χ0) is 25.5. The van der Waals surface area contributed by atoms with Gasteiger partial charge in [-0.3, -0.25) is 13.9 Å². The van der Waals surface area contributed by atoms with Gasteiger partial charge >= 0.3 is 0 Å². The predicted molar refractivity (Wildman–Crippen MR) is 133 cm³/mol. The van der Waals surface area contributed by atoms with E-state index in [4.69, 9.17) is 11.6 Å². The maximum atomic E-state index is 13.3. The van der Waals surface area contributed by atoms with Crippen LogP contribution in [0.25, 0.3) is 0 Å². The van der Waals surface area contributed by atoms with E-state index in [9.17, 15) is 22.4 Å². The highest BCUT2D eigenvalue weighted by atomic mass is 35.5. The molecule has 2 aromatic rings. The Morgan fingerprint density at radius 3 is 2.15 bits per heavy atom. The molecule has 7 nitrogen and oxygen atoms in total. The molecule has 0 heterocycles. The largest absolute Gasteiger partial charge is 0.352 e. The highest BCUT2D eigenvalue weighted by Gasteiger charge is 2.27. The van der Waals surface area contributed by atoms with Gasteiger partial charge in [0.05, 0.1) is 11.9 Å². The molecule has 0 aliphatic heterocycles. The first-order valence-corrected chi connectivity index (χ1v) is 13.2. The van der Waals surface area contributed by atoms with Crippen molar-refractivity contribution >= 4 is 39.1 Å². The topological polar surface area (TPSA) is 86.8 Å². The first-order chi connectivity index (χ1) is 15.9. The Labute approximate surface area is 205 Å². The van der Waals surface area contributed by atoms with Crippen LogP contribution in [-0.4, -0.2) is 50.0 Å². The van der Waals surface area contributed by atoms with Crippen molar-refractivity contribution in [1.29, 1.82) is 0 Å². The van der Waals surface area contributed by atoms with Crippen molar-refractivity contribution in [1.82, 2.24) is 10.2 Å². The van der Waals surface area contributed by atoms with Crippen molar-refractivity contribution in [3.63, 3.8) is 0 Å². The number of halogens is 2. The molecule has 1 N–H and O–H groups in total. The molecule has 0 radical (unpaired) electrons. The lowest BCUT2D eigenvalue weighted by Gasteiger charge is -2.30. The number of amides is 2. The van der Waals surface area contributed by atoms with Crippen LogP contribution < -0.4 is 9.62 Å². The van der Waals surface area contributed by atoms with Gasteiger partial charge in [-0.2, -0.15) is 0 Å². The number of carbonyl (C=O) groups excluding carboxylic acids is 2. The highest BCUT2D eigenvalue weighted by molar-refractivity contribution is 7.92. The minimum Gasteiger partial charge on any atom is -0.352 e. The molecule has 0 saturated carbocycles. The number of nitrogens with zero attached hydrogens (tertiary/aromatic N) is 2. The van der Waals surface area contributed by atoms with E-state index in [-0.39, 0.29) is 43.8 Å². The molecule has 1 atom stereocenters. The van der Waals surface area contributed by atoms with Gasteiger partial charge in [0, 0.05) is 30.6 Å². The van der Waals surface area contributed by atoms with Crippen LogP contribution in [0.15, 0.2) is 48.5 Å². The summed E-state index contributed by atoms with van der Waals surface area (Å²) in [4.78, 5) is 27.3. The molecule has 0 aliphatic rings. The third kappa shape index (κ3) is 8.29. The molecular weight excluding hydrogens is 481 g/mol. The normalized spacial score (nSPS) is 12.3. The van der Waals surface area contributed by atoms with Crippen LogP contribution in [0.4, 0.5) is 10.1 Å². The number of nitrogens with one attached hydrogen (secondary N) is 1. The number of hydrogen-bond acceptors (Lipinski definition) is 4. The van der Waals surface area contributed by atoms with Crippen LogP contribution in [0.3, 0.4) is 0 Å². The summed E-state index contributed by atoms with van der Waals surface area (Å²) in [6.45, 7) is 5.58. The summed E-state index contributed by atoms with van der Waals surface area (Å²) in [5, 5.41) is 3.38. The van der Waals surface area contributed by atoms with Gasteiger partial charge < -0.3 is 10.2 Å². The molecule has 2 amide bonds. The van der Waals surface area contributed by atoms with Crippen LogP contribution in [0.1, 0.15) is 39.2 Å². The van der Waals surface area contributed by atoms with Gasteiger partial charge in [0.15, 0.2) is 0 Å². The zero-order valence-corrected chi connectivity index (χ0v) is 21.4. The summed E-state index contributed by atoms with van der Waals surface area (Å²) in [6.07, 6.45) is 1.31. The Morgan fingerprint density at radius 2 is 1.62 bits per heavy atom. The van der Waals surface area contributed by atoms with Crippen LogP contribution in [0, 0.1) is 5.82 Å². The second-order valence-electron chi connectivity index (χ2n) is 8.40. The fourth-order valence-electron chi connectivity index (χ4n) is 3.39. The Hall–Kier alpha value is -2.65. The van der Waals surface area contributed by atoms with Gasteiger partial charge in [-0.1, -0.05) is 23.7 Å². The van der Waals surface area contributed by atoms with Gasteiger partial charge in [0.25, 0.3) is 0 Å².